The second-order valence-electron chi connectivity index (χ2n) is 6.24. The van der Waals surface area contributed by atoms with Gasteiger partial charge in [0.1, 0.15) is 19.8 Å². The first-order valence-corrected chi connectivity index (χ1v) is 8.77. The lowest BCUT2D eigenvalue weighted by atomic mass is 9.88. The van der Waals surface area contributed by atoms with E-state index in [1.807, 2.05) is 6.92 Å². The first kappa shape index (κ1) is 22.4. The molecule has 0 aromatic heterocycles. The quantitative estimate of drug-likeness (QED) is 0.289. The molecule has 0 saturated heterocycles. The summed E-state index contributed by atoms with van der Waals surface area (Å²) in [5.41, 5.74) is -0.699. The number of carbonyl (C=O) groups excluding carboxylic acids is 3. The molecule has 0 aromatic carbocycles. The third-order valence-corrected chi connectivity index (χ3v) is 3.94. The summed E-state index contributed by atoms with van der Waals surface area (Å²) < 4.78 is 15.5. The fraction of sp³-hybridized carbons (Fsp3) is 0.833. The summed E-state index contributed by atoms with van der Waals surface area (Å²) >= 11 is 0. The van der Waals surface area contributed by atoms with Gasteiger partial charge in [-0.05, 0) is 12.8 Å². The maximum absolute atomic E-state index is 11.9. The van der Waals surface area contributed by atoms with Crippen molar-refractivity contribution in [3.63, 3.8) is 0 Å². The number of hydrogen-bond donors (Lipinski definition) is 0. The molecule has 0 amide bonds. The van der Waals surface area contributed by atoms with Gasteiger partial charge in [0.25, 0.3) is 0 Å². The highest BCUT2D eigenvalue weighted by atomic mass is 16.6. The number of carbonyl (C=O) groups is 3. The number of hydrogen-bond acceptors (Lipinski definition) is 6. The molecule has 0 rings (SSSR count). The Morgan fingerprint density at radius 1 is 0.750 bits per heavy atom. The van der Waals surface area contributed by atoms with Gasteiger partial charge in [-0.25, -0.2) is 0 Å². The van der Waals surface area contributed by atoms with Crippen molar-refractivity contribution in [1.82, 2.24) is 0 Å². The first-order valence-electron chi connectivity index (χ1n) is 8.77. The van der Waals surface area contributed by atoms with Gasteiger partial charge in [-0.2, -0.15) is 0 Å². The lowest BCUT2D eigenvalue weighted by Crippen LogP contribution is -2.38. The van der Waals surface area contributed by atoms with E-state index in [4.69, 9.17) is 14.2 Å². The largest absolute Gasteiger partial charge is 0.465 e. The molecule has 6 nitrogen and oxygen atoms in total. The molecule has 0 heterocycles. The predicted octanol–water partition coefficient (Wildman–Crippen LogP) is 3.41. The molecule has 0 aliphatic rings. The topological polar surface area (TPSA) is 78.9 Å². The van der Waals surface area contributed by atoms with Crippen LogP contribution in [0, 0.1) is 5.41 Å². The molecule has 6 heteroatoms. The Morgan fingerprint density at radius 2 is 1.25 bits per heavy atom. The third kappa shape index (κ3) is 11.0. The van der Waals surface area contributed by atoms with E-state index in [-0.39, 0.29) is 25.8 Å². The van der Waals surface area contributed by atoms with Gasteiger partial charge in [0, 0.05) is 20.3 Å². The maximum Gasteiger partial charge on any atom is 0.305 e. The third-order valence-electron chi connectivity index (χ3n) is 3.94. The molecule has 0 unspecified atom stereocenters. The minimum Gasteiger partial charge on any atom is -0.465 e. The monoisotopic (exact) mass is 344 g/mol. The van der Waals surface area contributed by atoms with Crippen molar-refractivity contribution >= 4 is 17.9 Å². The van der Waals surface area contributed by atoms with Crippen molar-refractivity contribution < 1.29 is 28.6 Å². The SMILES string of the molecule is CCCCCCCC(=O)OCC(CC)(COC(C)=O)COC(C)=O. The zero-order valence-corrected chi connectivity index (χ0v) is 15.5. The zero-order valence-electron chi connectivity index (χ0n) is 15.5. The minimum atomic E-state index is -0.699. The van der Waals surface area contributed by atoms with Crippen molar-refractivity contribution in [2.75, 3.05) is 19.8 Å². The van der Waals surface area contributed by atoms with Crippen molar-refractivity contribution in [2.45, 2.75) is 72.6 Å². The highest BCUT2D eigenvalue weighted by molar-refractivity contribution is 5.69. The van der Waals surface area contributed by atoms with Gasteiger partial charge in [0.15, 0.2) is 0 Å². The molecule has 0 aliphatic heterocycles. The molecule has 0 N–H and O–H groups in total. The van der Waals surface area contributed by atoms with Gasteiger partial charge in [0.05, 0.1) is 5.41 Å². The second-order valence-corrected chi connectivity index (χ2v) is 6.24. The number of unbranched alkanes of at least 4 members (excludes halogenated alkanes) is 4. The van der Waals surface area contributed by atoms with Gasteiger partial charge in [-0.1, -0.05) is 39.5 Å². The predicted molar refractivity (Wildman–Crippen MR) is 90.3 cm³/mol. The van der Waals surface area contributed by atoms with Gasteiger partial charge < -0.3 is 14.2 Å². The summed E-state index contributed by atoms with van der Waals surface area (Å²) in [5.74, 6) is -1.11. The van der Waals surface area contributed by atoms with E-state index in [1.54, 1.807) is 0 Å². The summed E-state index contributed by atoms with van der Waals surface area (Å²) in [4.78, 5) is 34.0. The van der Waals surface area contributed by atoms with E-state index in [9.17, 15) is 14.4 Å². The van der Waals surface area contributed by atoms with Gasteiger partial charge >= 0.3 is 17.9 Å². The summed E-state index contributed by atoms with van der Waals surface area (Å²) in [7, 11) is 0. The van der Waals surface area contributed by atoms with E-state index < -0.39 is 17.4 Å². The van der Waals surface area contributed by atoms with Crippen LogP contribution in [0.4, 0.5) is 0 Å². The van der Waals surface area contributed by atoms with Crippen molar-refractivity contribution in [3.8, 4) is 0 Å². The molecule has 0 fully saturated rings. The van der Waals surface area contributed by atoms with Crippen molar-refractivity contribution in [1.29, 1.82) is 0 Å². The molecule has 0 radical (unpaired) electrons. The van der Waals surface area contributed by atoms with Crippen LogP contribution in [0.25, 0.3) is 0 Å². The molecular weight excluding hydrogens is 312 g/mol. The number of esters is 3. The van der Waals surface area contributed by atoms with Gasteiger partial charge in [-0.3, -0.25) is 14.4 Å². The first-order chi connectivity index (χ1) is 11.3. The Balaban J connectivity index is 4.42. The standard InChI is InChI=1S/C18H32O6/c1-5-7-8-9-10-11-17(21)24-14-18(6-2,12-22-15(3)19)13-23-16(4)20/h5-14H2,1-4H3. The van der Waals surface area contributed by atoms with Crippen LogP contribution in [0.5, 0.6) is 0 Å². The number of rotatable bonds is 13. The molecule has 140 valence electrons. The van der Waals surface area contributed by atoms with Crippen LogP contribution in [0.3, 0.4) is 0 Å². The smallest absolute Gasteiger partial charge is 0.305 e. The van der Waals surface area contributed by atoms with E-state index in [0.717, 1.165) is 25.7 Å². The molecule has 0 aromatic rings. The van der Waals surface area contributed by atoms with Crippen LogP contribution in [0.2, 0.25) is 0 Å². The van der Waals surface area contributed by atoms with Crippen molar-refractivity contribution in [3.05, 3.63) is 0 Å². The Hall–Kier alpha value is -1.59. The Kier molecular flexibility index (Phi) is 11.9. The highest BCUT2D eigenvalue weighted by Crippen LogP contribution is 2.24. The van der Waals surface area contributed by atoms with Crippen LogP contribution in [-0.2, 0) is 28.6 Å². The van der Waals surface area contributed by atoms with Crippen LogP contribution in [0.1, 0.15) is 72.6 Å². The lowest BCUT2D eigenvalue weighted by Gasteiger charge is -2.30. The van der Waals surface area contributed by atoms with Gasteiger partial charge in [-0.15, -0.1) is 0 Å². The molecule has 0 aliphatic carbocycles. The Bertz CT molecular complexity index is 373. The van der Waals surface area contributed by atoms with Gasteiger partial charge in [0.2, 0.25) is 0 Å². The fourth-order valence-corrected chi connectivity index (χ4v) is 2.12. The molecular formula is C18H32O6. The average molecular weight is 344 g/mol. The molecule has 0 spiro atoms. The molecule has 0 atom stereocenters. The van der Waals surface area contributed by atoms with Crippen molar-refractivity contribution in [2.24, 2.45) is 5.41 Å². The van der Waals surface area contributed by atoms with Crippen LogP contribution < -0.4 is 0 Å². The highest BCUT2D eigenvalue weighted by Gasteiger charge is 2.33. The summed E-state index contributed by atoms with van der Waals surface area (Å²) in [6.07, 6.45) is 6.23. The van der Waals surface area contributed by atoms with E-state index in [0.29, 0.717) is 12.8 Å². The molecule has 0 bridgehead atoms. The van der Waals surface area contributed by atoms with Crippen LogP contribution in [0.15, 0.2) is 0 Å². The number of ether oxygens (including phenoxy) is 3. The summed E-state index contributed by atoms with van der Waals surface area (Å²) in [6.45, 7) is 6.82. The second kappa shape index (κ2) is 12.8. The van der Waals surface area contributed by atoms with Crippen LogP contribution in [-0.4, -0.2) is 37.7 Å². The van der Waals surface area contributed by atoms with Crippen LogP contribution >= 0.6 is 0 Å². The average Bonchev–Trinajstić information content (AvgIpc) is 2.54. The van der Waals surface area contributed by atoms with E-state index >= 15 is 0 Å². The maximum atomic E-state index is 11.9. The summed E-state index contributed by atoms with van der Waals surface area (Å²) in [5, 5.41) is 0. The minimum absolute atomic E-state index is 0.0515. The summed E-state index contributed by atoms with van der Waals surface area (Å²) in [6, 6.07) is 0. The lowest BCUT2D eigenvalue weighted by molar-refractivity contribution is -0.160. The van der Waals surface area contributed by atoms with E-state index in [2.05, 4.69) is 6.92 Å². The normalized spacial score (nSPS) is 11.0. The molecule has 24 heavy (non-hydrogen) atoms. The fourth-order valence-electron chi connectivity index (χ4n) is 2.12. The Morgan fingerprint density at radius 3 is 1.71 bits per heavy atom. The Labute approximate surface area is 145 Å². The molecule has 0 saturated carbocycles. The van der Waals surface area contributed by atoms with E-state index in [1.165, 1.54) is 20.3 Å². The zero-order chi connectivity index (χ0) is 18.4.